The van der Waals surface area contributed by atoms with Crippen LogP contribution in [0.2, 0.25) is 10.3 Å². The van der Waals surface area contributed by atoms with E-state index in [9.17, 15) is 15.0 Å². The number of amides is 1. The molecule has 4 aromatic rings. The van der Waals surface area contributed by atoms with Gasteiger partial charge in [-0.05, 0) is 79.3 Å². The molecule has 2 N–H and O–H groups in total. The molecule has 7 nitrogen and oxygen atoms in total. The van der Waals surface area contributed by atoms with Crippen LogP contribution in [-0.2, 0) is 13.1 Å². The first kappa shape index (κ1) is 27.9. The van der Waals surface area contributed by atoms with Gasteiger partial charge < -0.3 is 15.1 Å². The zero-order chi connectivity index (χ0) is 28.2. The second-order valence-electron chi connectivity index (χ2n) is 10.1. The number of carbonyl (C=O) groups excluding carboxylic acids is 1. The minimum absolute atomic E-state index is 0.00484. The van der Waals surface area contributed by atoms with E-state index < -0.39 is 5.91 Å². The maximum atomic E-state index is 13.9. The highest BCUT2D eigenvalue weighted by Gasteiger charge is 2.23. The number of aromatic hydroxyl groups is 2. The van der Waals surface area contributed by atoms with Crippen LogP contribution in [-0.4, -0.2) is 44.1 Å². The van der Waals surface area contributed by atoms with Gasteiger partial charge in [-0.25, -0.2) is 9.97 Å². The van der Waals surface area contributed by atoms with E-state index in [2.05, 4.69) is 27.0 Å². The van der Waals surface area contributed by atoms with E-state index in [1.165, 1.54) is 30.9 Å². The molecule has 1 fully saturated rings. The maximum Gasteiger partial charge on any atom is 0.262 e. The third-order valence-corrected chi connectivity index (χ3v) is 7.61. The number of phenolic OH excluding ortho intramolecular Hbond substituents is 2. The van der Waals surface area contributed by atoms with Gasteiger partial charge in [0.1, 0.15) is 11.5 Å². The number of likely N-dealkylation sites (tertiary alicyclic amines) is 1. The Hall–Kier alpha value is -3.65. The number of rotatable bonds is 7. The van der Waals surface area contributed by atoms with Crippen LogP contribution >= 0.6 is 23.2 Å². The number of phenols is 2. The highest BCUT2D eigenvalue weighted by Crippen LogP contribution is 2.34. The van der Waals surface area contributed by atoms with Crippen molar-refractivity contribution in [2.75, 3.05) is 18.0 Å². The number of aromatic nitrogens is 2. The number of aryl methyl sites for hydroxylation is 1. The molecule has 2 heterocycles. The van der Waals surface area contributed by atoms with Crippen LogP contribution in [0.3, 0.4) is 0 Å². The van der Waals surface area contributed by atoms with Crippen LogP contribution in [0.15, 0.2) is 66.9 Å². The normalized spacial score (nSPS) is 13.8. The van der Waals surface area contributed by atoms with Gasteiger partial charge in [0.15, 0.2) is 0 Å². The summed E-state index contributed by atoms with van der Waals surface area (Å²) in [6.45, 7) is 5.23. The van der Waals surface area contributed by atoms with E-state index in [0.29, 0.717) is 11.4 Å². The summed E-state index contributed by atoms with van der Waals surface area (Å²) >= 11 is 12.1. The number of benzene rings is 3. The molecule has 1 amide bonds. The zero-order valence-corrected chi connectivity index (χ0v) is 23.7. The average Bonchev–Trinajstić information content (AvgIpc) is 2.95. The lowest BCUT2D eigenvalue weighted by Gasteiger charge is -2.27. The molecule has 0 saturated carbocycles. The molecule has 5 rings (SSSR count). The Balaban J connectivity index is 1.48. The van der Waals surface area contributed by atoms with Crippen LogP contribution in [0.5, 0.6) is 11.5 Å². The van der Waals surface area contributed by atoms with Gasteiger partial charge in [0.25, 0.3) is 5.91 Å². The maximum absolute atomic E-state index is 13.9. The van der Waals surface area contributed by atoms with E-state index in [-0.39, 0.29) is 33.9 Å². The molecular weight excluding hydrogens is 547 g/mol. The molecule has 1 aliphatic heterocycles. The Kier molecular flexibility index (Phi) is 8.54. The van der Waals surface area contributed by atoms with Gasteiger partial charge >= 0.3 is 0 Å². The minimum Gasteiger partial charge on any atom is -0.507 e. The summed E-state index contributed by atoms with van der Waals surface area (Å²) in [5, 5.41) is 20.6. The van der Waals surface area contributed by atoms with E-state index in [0.717, 1.165) is 42.4 Å². The SMILES string of the molecule is Cc1cnc(Cl)nc1-c1ccc(N(Cc2cccc(CN3CCCCC3)c2)C(=O)c2cc(Cl)c(O)cc2O)cc1. The van der Waals surface area contributed by atoms with Crippen LogP contribution in [0.1, 0.15) is 46.3 Å². The van der Waals surface area contributed by atoms with Crippen molar-refractivity contribution >= 4 is 34.8 Å². The fraction of sp³-hybridized carbons (Fsp3) is 0.258. The summed E-state index contributed by atoms with van der Waals surface area (Å²) in [5.74, 6) is -1.09. The Morgan fingerprint density at radius 1 is 0.950 bits per heavy atom. The Labute approximate surface area is 243 Å². The highest BCUT2D eigenvalue weighted by atomic mass is 35.5. The van der Waals surface area contributed by atoms with Crippen LogP contribution in [0, 0.1) is 6.92 Å². The van der Waals surface area contributed by atoms with Crippen molar-refractivity contribution in [3.05, 3.63) is 99.4 Å². The summed E-state index contributed by atoms with van der Waals surface area (Å²) in [5.41, 5.74) is 5.17. The number of halogens is 2. The fourth-order valence-corrected chi connectivity index (χ4v) is 5.34. The van der Waals surface area contributed by atoms with Crippen LogP contribution in [0.25, 0.3) is 11.3 Å². The summed E-state index contributed by atoms with van der Waals surface area (Å²) in [7, 11) is 0. The second-order valence-corrected chi connectivity index (χ2v) is 10.8. The zero-order valence-electron chi connectivity index (χ0n) is 22.1. The number of hydrogen-bond donors (Lipinski definition) is 2. The van der Waals surface area contributed by atoms with Gasteiger partial charge in [-0.1, -0.05) is 54.4 Å². The third kappa shape index (κ3) is 6.39. The largest absolute Gasteiger partial charge is 0.507 e. The third-order valence-electron chi connectivity index (χ3n) is 7.12. The molecule has 206 valence electrons. The van der Waals surface area contributed by atoms with Crippen molar-refractivity contribution < 1.29 is 15.0 Å². The summed E-state index contributed by atoms with van der Waals surface area (Å²) < 4.78 is 0. The number of nitrogens with zero attached hydrogens (tertiary/aromatic N) is 4. The lowest BCUT2D eigenvalue weighted by atomic mass is 10.0. The average molecular weight is 578 g/mol. The molecule has 0 spiro atoms. The molecule has 9 heteroatoms. The number of carbonyl (C=O) groups is 1. The smallest absolute Gasteiger partial charge is 0.262 e. The first-order valence-electron chi connectivity index (χ1n) is 13.2. The Morgan fingerprint density at radius 2 is 1.68 bits per heavy atom. The van der Waals surface area contributed by atoms with Crippen LogP contribution < -0.4 is 4.90 Å². The molecule has 3 aromatic carbocycles. The Morgan fingerprint density at radius 3 is 2.42 bits per heavy atom. The second kappa shape index (κ2) is 12.3. The van der Waals surface area contributed by atoms with E-state index in [4.69, 9.17) is 23.2 Å². The van der Waals surface area contributed by atoms with Gasteiger partial charge in [0, 0.05) is 30.1 Å². The Bertz CT molecular complexity index is 1520. The first-order chi connectivity index (χ1) is 19.3. The predicted octanol–water partition coefficient (Wildman–Crippen LogP) is 7.00. The minimum atomic E-state index is -0.449. The molecule has 0 aliphatic carbocycles. The van der Waals surface area contributed by atoms with Crippen molar-refractivity contribution in [3.63, 3.8) is 0 Å². The van der Waals surface area contributed by atoms with Crippen molar-refractivity contribution in [2.45, 2.75) is 39.3 Å². The van der Waals surface area contributed by atoms with E-state index in [1.54, 1.807) is 11.1 Å². The molecule has 0 atom stereocenters. The summed E-state index contributed by atoms with van der Waals surface area (Å²) in [6, 6.07) is 18.0. The van der Waals surface area contributed by atoms with Gasteiger partial charge in [-0.3, -0.25) is 9.69 Å². The molecule has 0 unspecified atom stereocenters. The number of hydrogen-bond acceptors (Lipinski definition) is 6. The molecule has 0 bridgehead atoms. The first-order valence-corrected chi connectivity index (χ1v) is 14.0. The van der Waals surface area contributed by atoms with Gasteiger partial charge in [-0.15, -0.1) is 0 Å². The van der Waals surface area contributed by atoms with Crippen LogP contribution in [0.4, 0.5) is 5.69 Å². The standard InChI is InChI=1S/C31H30Cl2N4O3/c1-20-17-34-31(33)35-29(20)23-8-10-24(11-9-23)37(30(40)25-15-26(32)28(39)16-27(25)38)19-22-7-5-6-21(14-22)18-36-12-3-2-4-13-36/h5-11,14-17,38-39H,2-4,12-13,18-19H2,1H3. The molecule has 1 saturated heterocycles. The van der Waals surface area contributed by atoms with Crippen molar-refractivity contribution in [2.24, 2.45) is 0 Å². The fourth-order valence-electron chi connectivity index (χ4n) is 5.04. The molecule has 1 aromatic heterocycles. The van der Waals surface area contributed by atoms with Crippen molar-refractivity contribution in [3.8, 4) is 22.8 Å². The summed E-state index contributed by atoms with van der Waals surface area (Å²) in [4.78, 5) is 26.3. The topological polar surface area (TPSA) is 89.8 Å². The van der Waals surface area contributed by atoms with Crippen molar-refractivity contribution in [1.82, 2.24) is 14.9 Å². The lowest BCUT2D eigenvalue weighted by molar-refractivity contribution is 0.0982. The summed E-state index contributed by atoms with van der Waals surface area (Å²) in [6.07, 6.45) is 5.39. The molecule has 1 aliphatic rings. The monoisotopic (exact) mass is 576 g/mol. The van der Waals surface area contributed by atoms with E-state index >= 15 is 0 Å². The molecular formula is C31H30Cl2N4O3. The van der Waals surface area contributed by atoms with Crippen molar-refractivity contribution in [1.29, 1.82) is 0 Å². The quantitative estimate of drug-likeness (QED) is 0.230. The molecule has 40 heavy (non-hydrogen) atoms. The predicted molar refractivity (Wildman–Crippen MR) is 158 cm³/mol. The highest BCUT2D eigenvalue weighted by molar-refractivity contribution is 6.32. The van der Waals surface area contributed by atoms with Gasteiger partial charge in [0.2, 0.25) is 5.28 Å². The number of anilines is 1. The number of piperidine rings is 1. The van der Waals surface area contributed by atoms with Gasteiger partial charge in [-0.2, -0.15) is 0 Å². The molecule has 0 radical (unpaired) electrons. The van der Waals surface area contributed by atoms with E-state index in [1.807, 2.05) is 43.3 Å². The van der Waals surface area contributed by atoms with Gasteiger partial charge in [0.05, 0.1) is 22.8 Å². The lowest BCUT2D eigenvalue weighted by Crippen LogP contribution is -2.31.